The smallest absolute Gasteiger partial charge is 0.134 e. The minimum atomic E-state index is -0.555. The quantitative estimate of drug-likeness (QED) is 0.188. The number of hydrogen-bond donors (Lipinski definition) is 0. The topological polar surface area (TPSA) is 12.5 Å². The first kappa shape index (κ1) is 27.8. The summed E-state index contributed by atoms with van der Waals surface area (Å²) in [6, 6.07) is 64.1. The van der Waals surface area contributed by atoms with Crippen LogP contribution in [0.1, 0.15) is 22.3 Å². The molecule has 1 spiro atoms. The zero-order chi connectivity index (χ0) is 32.8. The van der Waals surface area contributed by atoms with Crippen LogP contribution in [0.3, 0.4) is 0 Å². The maximum Gasteiger partial charge on any atom is 0.134 e. The third-order valence-corrected chi connectivity index (χ3v) is 11.8. The highest BCUT2D eigenvalue weighted by Crippen LogP contribution is 2.61. The van der Waals surface area contributed by atoms with Crippen LogP contribution in [0.4, 0.5) is 17.1 Å². The Labute approximate surface area is 294 Å². The molecule has 2 aliphatic rings. The highest BCUT2D eigenvalue weighted by molar-refractivity contribution is 7.25. The van der Waals surface area contributed by atoms with Crippen LogP contribution in [0.25, 0.3) is 42.1 Å². The molecule has 1 aromatic heterocycles. The zero-order valence-electron chi connectivity index (χ0n) is 27.0. The molecule has 0 bridgehead atoms. The predicted octanol–water partition coefficient (Wildman–Crippen LogP) is 13.1. The van der Waals surface area contributed by atoms with E-state index in [0.717, 1.165) is 34.1 Å². The molecule has 8 aromatic carbocycles. The highest BCUT2D eigenvalue weighted by atomic mass is 32.1. The monoisotopic (exact) mass is 655 g/mol. The molecule has 0 radical (unpaired) electrons. The normalized spacial score (nSPS) is 15.4. The van der Waals surface area contributed by atoms with Gasteiger partial charge < -0.3 is 9.64 Å². The SMILES string of the molecule is c1ccc(N(c2ccc3c(c2)Oc2ccccc2C32c3ccccc3-c3cccc4cccc2c34)c2ccc3c(c2)sc2ccccc23)cc1. The summed E-state index contributed by atoms with van der Waals surface area (Å²) in [5.74, 6) is 1.76. The van der Waals surface area contributed by atoms with Crippen molar-refractivity contribution in [1.29, 1.82) is 0 Å². The van der Waals surface area contributed by atoms with Crippen molar-refractivity contribution in [3.05, 3.63) is 198 Å². The molecule has 1 unspecified atom stereocenters. The fourth-order valence-corrected chi connectivity index (χ4v) is 9.84. The van der Waals surface area contributed by atoms with Gasteiger partial charge in [0, 0.05) is 54.4 Å². The van der Waals surface area contributed by atoms with E-state index < -0.39 is 5.41 Å². The van der Waals surface area contributed by atoms with Crippen LogP contribution in [0.2, 0.25) is 0 Å². The van der Waals surface area contributed by atoms with E-state index in [1.165, 1.54) is 58.8 Å². The molecule has 11 rings (SSSR count). The third kappa shape index (κ3) is 3.73. The molecule has 234 valence electrons. The van der Waals surface area contributed by atoms with E-state index in [4.69, 9.17) is 4.74 Å². The van der Waals surface area contributed by atoms with E-state index in [1.807, 2.05) is 11.3 Å². The second-order valence-electron chi connectivity index (χ2n) is 13.2. The summed E-state index contributed by atoms with van der Waals surface area (Å²) in [4.78, 5) is 2.35. The summed E-state index contributed by atoms with van der Waals surface area (Å²) in [6.07, 6.45) is 0. The number of nitrogens with zero attached hydrogens (tertiary/aromatic N) is 1. The summed E-state index contributed by atoms with van der Waals surface area (Å²) in [6.45, 7) is 0. The number of thiophene rings is 1. The lowest BCUT2D eigenvalue weighted by Crippen LogP contribution is -2.36. The molecule has 0 N–H and O–H groups in total. The molecule has 0 saturated carbocycles. The van der Waals surface area contributed by atoms with Gasteiger partial charge in [0.15, 0.2) is 0 Å². The minimum absolute atomic E-state index is 0.555. The Balaban J connectivity index is 1.18. The van der Waals surface area contributed by atoms with Gasteiger partial charge in [-0.2, -0.15) is 0 Å². The number of fused-ring (bicyclic) bond motifs is 11. The molecule has 2 heterocycles. The lowest BCUT2D eigenvalue weighted by Gasteiger charge is -2.45. The summed E-state index contributed by atoms with van der Waals surface area (Å²) >= 11 is 1.85. The lowest BCUT2D eigenvalue weighted by molar-refractivity contribution is 0.435. The van der Waals surface area contributed by atoms with E-state index in [-0.39, 0.29) is 0 Å². The predicted molar refractivity (Wildman–Crippen MR) is 209 cm³/mol. The Hall–Kier alpha value is -6.16. The van der Waals surface area contributed by atoms with Gasteiger partial charge in [0.2, 0.25) is 0 Å². The van der Waals surface area contributed by atoms with Gasteiger partial charge in [-0.1, -0.05) is 127 Å². The van der Waals surface area contributed by atoms with Crippen molar-refractivity contribution in [3.63, 3.8) is 0 Å². The van der Waals surface area contributed by atoms with Crippen LogP contribution in [0, 0.1) is 0 Å². The fraction of sp³-hybridized carbons (Fsp3) is 0.0213. The second-order valence-corrected chi connectivity index (χ2v) is 14.3. The Morgan fingerprint density at radius 3 is 2.00 bits per heavy atom. The van der Waals surface area contributed by atoms with Crippen LogP contribution in [0.15, 0.2) is 176 Å². The van der Waals surface area contributed by atoms with Gasteiger partial charge in [-0.05, 0) is 75.5 Å². The highest BCUT2D eigenvalue weighted by Gasteiger charge is 2.49. The van der Waals surface area contributed by atoms with E-state index in [2.05, 4.69) is 181 Å². The molecule has 1 aliphatic heterocycles. The minimum Gasteiger partial charge on any atom is -0.457 e. The van der Waals surface area contributed by atoms with Gasteiger partial charge in [0.25, 0.3) is 0 Å². The van der Waals surface area contributed by atoms with Crippen molar-refractivity contribution < 1.29 is 4.74 Å². The average molecular weight is 656 g/mol. The van der Waals surface area contributed by atoms with Gasteiger partial charge in [-0.25, -0.2) is 0 Å². The van der Waals surface area contributed by atoms with E-state index in [0.29, 0.717) is 0 Å². The Morgan fingerprint density at radius 2 is 1.08 bits per heavy atom. The zero-order valence-corrected chi connectivity index (χ0v) is 27.8. The first-order chi connectivity index (χ1) is 24.8. The standard InChI is InChI=1S/C47H29NOS/c1-2-14-31(15-3-1)48(33-24-26-36-35-17-5-9-23-44(35)50-45(36)29-33)32-25-27-40-43(28-32)49-42-22-8-7-20-39(42)47(40)38-19-6-4-16-34(38)37-18-10-12-30-13-11-21-41(47)46(30)37/h1-29H. The van der Waals surface area contributed by atoms with Gasteiger partial charge in [-0.3, -0.25) is 0 Å². The van der Waals surface area contributed by atoms with Crippen molar-refractivity contribution in [3.8, 4) is 22.6 Å². The molecule has 0 amide bonds. The van der Waals surface area contributed by atoms with Crippen molar-refractivity contribution in [2.75, 3.05) is 4.90 Å². The first-order valence-corrected chi connectivity index (χ1v) is 17.9. The third-order valence-electron chi connectivity index (χ3n) is 10.7. The maximum atomic E-state index is 6.95. The largest absolute Gasteiger partial charge is 0.457 e. The first-order valence-electron chi connectivity index (χ1n) is 17.1. The average Bonchev–Trinajstić information content (AvgIpc) is 3.55. The van der Waals surface area contributed by atoms with Gasteiger partial charge in [0.05, 0.1) is 5.41 Å². The number of para-hydroxylation sites is 2. The summed E-state index contributed by atoms with van der Waals surface area (Å²) in [5, 5.41) is 5.16. The van der Waals surface area contributed by atoms with Crippen LogP contribution in [0.5, 0.6) is 11.5 Å². The summed E-state index contributed by atoms with van der Waals surface area (Å²) in [7, 11) is 0. The molecule has 1 aliphatic carbocycles. The molecule has 9 aromatic rings. The number of anilines is 3. The summed E-state index contributed by atoms with van der Waals surface area (Å²) < 4.78 is 9.53. The Morgan fingerprint density at radius 1 is 0.420 bits per heavy atom. The van der Waals surface area contributed by atoms with Crippen LogP contribution in [-0.4, -0.2) is 0 Å². The number of benzene rings is 8. The molecular formula is C47H29NOS. The van der Waals surface area contributed by atoms with Crippen molar-refractivity contribution in [1.82, 2.24) is 0 Å². The fourth-order valence-electron chi connectivity index (χ4n) is 8.70. The molecule has 50 heavy (non-hydrogen) atoms. The molecule has 2 nitrogen and oxygen atoms in total. The maximum absolute atomic E-state index is 6.95. The second kappa shape index (κ2) is 10.4. The molecule has 0 saturated heterocycles. The van der Waals surface area contributed by atoms with E-state index in [1.54, 1.807) is 0 Å². The molecule has 1 atom stereocenters. The Bertz CT molecular complexity index is 2810. The Kier molecular flexibility index (Phi) is 5.78. The summed E-state index contributed by atoms with van der Waals surface area (Å²) in [5.41, 5.74) is 10.2. The number of hydrogen-bond acceptors (Lipinski definition) is 3. The molecule has 0 fully saturated rings. The van der Waals surface area contributed by atoms with Gasteiger partial charge in [-0.15, -0.1) is 11.3 Å². The van der Waals surface area contributed by atoms with Crippen molar-refractivity contribution in [2.24, 2.45) is 0 Å². The van der Waals surface area contributed by atoms with Crippen molar-refractivity contribution in [2.45, 2.75) is 5.41 Å². The molecular weight excluding hydrogens is 627 g/mol. The number of rotatable bonds is 3. The van der Waals surface area contributed by atoms with Crippen LogP contribution < -0.4 is 9.64 Å². The van der Waals surface area contributed by atoms with Crippen LogP contribution in [-0.2, 0) is 5.41 Å². The van der Waals surface area contributed by atoms with E-state index in [9.17, 15) is 0 Å². The van der Waals surface area contributed by atoms with Gasteiger partial charge in [0.1, 0.15) is 11.5 Å². The van der Waals surface area contributed by atoms with Crippen molar-refractivity contribution >= 4 is 59.3 Å². The number of ether oxygens (including phenoxy) is 1. The lowest BCUT2D eigenvalue weighted by atomic mass is 9.58. The van der Waals surface area contributed by atoms with E-state index >= 15 is 0 Å². The van der Waals surface area contributed by atoms with Crippen LogP contribution >= 0.6 is 11.3 Å². The van der Waals surface area contributed by atoms with Gasteiger partial charge >= 0.3 is 0 Å². The molecule has 3 heteroatoms.